The zero-order chi connectivity index (χ0) is 5.28. The third kappa shape index (κ3) is 0.747. The summed E-state index contributed by atoms with van der Waals surface area (Å²) in [5.74, 6) is -0.512. The summed E-state index contributed by atoms with van der Waals surface area (Å²) in [6, 6.07) is 1.16. The van der Waals surface area contributed by atoms with Crippen molar-refractivity contribution >= 4 is 11.6 Å². The standard InChI is InChI=1S/C4H2ClFO/c5-4-3(6)1-2-7-4/h1-2H. The van der Waals surface area contributed by atoms with E-state index in [0.717, 1.165) is 6.07 Å². The van der Waals surface area contributed by atoms with Gasteiger partial charge in [-0.1, -0.05) is 0 Å². The van der Waals surface area contributed by atoms with Gasteiger partial charge in [0.2, 0.25) is 5.22 Å². The Balaban J connectivity index is 3.12. The molecular weight excluding hydrogens is 118 g/mol. The minimum Gasteiger partial charge on any atom is -0.450 e. The molecule has 0 bridgehead atoms. The van der Waals surface area contributed by atoms with Gasteiger partial charge in [-0.05, 0) is 11.6 Å². The van der Waals surface area contributed by atoms with Crippen LogP contribution in [0.4, 0.5) is 4.39 Å². The second-order valence-electron chi connectivity index (χ2n) is 1.04. The lowest BCUT2D eigenvalue weighted by Crippen LogP contribution is -1.57. The Morgan fingerprint density at radius 1 is 1.71 bits per heavy atom. The van der Waals surface area contributed by atoms with Crippen LogP contribution in [0.2, 0.25) is 5.22 Å². The fourth-order valence-corrected chi connectivity index (χ4v) is 0.390. The van der Waals surface area contributed by atoms with Crippen LogP contribution in [0.1, 0.15) is 0 Å². The van der Waals surface area contributed by atoms with Crippen molar-refractivity contribution in [1.29, 1.82) is 0 Å². The van der Waals surface area contributed by atoms with Crippen LogP contribution in [-0.2, 0) is 0 Å². The molecule has 0 atom stereocenters. The zero-order valence-electron chi connectivity index (χ0n) is 3.32. The topological polar surface area (TPSA) is 13.1 Å². The van der Waals surface area contributed by atoms with E-state index in [1.165, 1.54) is 6.26 Å². The van der Waals surface area contributed by atoms with Crippen molar-refractivity contribution in [1.82, 2.24) is 0 Å². The highest BCUT2D eigenvalue weighted by Gasteiger charge is 1.97. The smallest absolute Gasteiger partial charge is 0.228 e. The molecule has 0 N–H and O–H groups in total. The maximum atomic E-state index is 11.9. The highest BCUT2D eigenvalue weighted by molar-refractivity contribution is 6.28. The molecular formula is C4H2ClFO. The number of halogens is 2. The average Bonchev–Trinajstić information content (AvgIpc) is 1.91. The molecule has 0 saturated heterocycles. The summed E-state index contributed by atoms with van der Waals surface area (Å²) < 4.78 is 16.2. The van der Waals surface area contributed by atoms with Gasteiger partial charge < -0.3 is 4.42 Å². The molecule has 0 unspecified atom stereocenters. The molecule has 0 spiro atoms. The second kappa shape index (κ2) is 1.54. The molecule has 0 aliphatic heterocycles. The highest BCUT2D eigenvalue weighted by Crippen LogP contribution is 2.12. The van der Waals surface area contributed by atoms with E-state index in [-0.39, 0.29) is 5.22 Å². The quantitative estimate of drug-likeness (QED) is 0.511. The van der Waals surface area contributed by atoms with Crippen LogP contribution in [-0.4, -0.2) is 0 Å². The van der Waals surface area contributed by atoms with E-state index in [9.17, 15) is 4.39 Å². The summed E-state index contributed by atoms with van der Waals surface area (Å²) in [4.78, 5) is 0. The van der Waals surface area contributed by atoms with Gasteiger partial charge in [0.25, 0.3) is 0 Å². The molecule has 0 saturated carbocycles. The Kier molecular flexibility index (Phi) is 1.02. The third-order valence-electron chi connectivity index (χ3n) is 0.574. The highest BCUT2D eigenvalue weighted by atomic mass is 35.5. The van der Waals surface area contributed by atoms with E-state index in [4.69, 9.17) is 11.6 Å². The van der Waals surface area contributed by atoms with Gasteiger partial charge in [-0.15, -0.1) is 0 Å². The van der Waals surface area contributed by atoms with Gasteiger partial charge in [0.15, 0.2) is 5.82 Å². The predicted octanol–water partition coefficient (Wildman–Crippen LogP) is 2.07. The molecule has 0 aliphatic rings. The van der Waals surface area contributed by atoms with Crippen molar-refractivity contribution in [2.45, 2.75) is 0 Å². The van der Waals surface area contributed by atoms with Crippen LogP contribution >= 0.6 is 11.6 Å². The van der Waals surface area contributed by atoms with E-state index < -0.39 is 5.82 Å². The van der Waals surface area contributed by atoms with E-state index in [1.807, 2.05) is 0 Å². The molecule has 1 rings (SSSR count). The summed E-state index contributed by atoms with van der Waals surface area (Å²) in [5, 5.41) is -0.181. The van der Waals surface area contributed by atoms with Crippen LogP contribution in [0, 0.1) is 5.82 Å². The van der Waals surface area contributed by atoms with Crippen LogP contribution in [0.15, 0.2) is 16.7 Å². The maximum Gasteiger partial charge on any atom is 0.228 e. The van der Waals surface area contributed by atoms with Gasteiger partial charge in [-0.3, -0.25) is 0 Å². The first-order chi connectivity index (χ1) is 3.30. The normalized spacial score (nSPS) is 9.43. The van der Waals surface area contributed by atoms with Crippen LogP contribution in [0.3, 0.4) is 0 Å². The van der Waals surface area contributed by atoms with Crippen LogP contribution in [0.25, 0.3) is 0 Å². The molecule has 38 valence electrons. The predicted molar refractivity (Wildman–Crippen MR) is 23.7 cm³/mol. The monoisotopic (exact) mass is 120 g/mol. The Morgan fingerprint density at radius 3 is 2.57 bits per heavy atom. The minimum atomic E-state index is -0.512. The first-order valence-electron chi connectivity index (χ1n) is 1.69. The molecule has 1 aromatic heterocycles. The first kappa shape index (κ1) is 4.65. The average molecular weight is 121 g/mol. The van der Waals surface area contributed by atoms with Gasteiger partial charge in [0.1, 0.15) is 0 Å². The molecule has 1 aromatic rings. The largest absolute Gasteiger partial charge is 0.450 e. The Hall–Kier alpha value is -0.500. The third-order valence-corrected chi connectivity index (χ3v) is 0.843. The lowest BCUT2D eigenvalue weighted by molar-refractivity contribution is 0.535. The molecule has 0 aromatic carbocycles. The van der Waals surface area contributed by atoms with Crippen molar-refractivity contribution in [3.63, 3.8) is 0 Å². The molecule has 7 heavy (non-hydrogen) atoms. The molecule has 3 heteroatoms. The Bertz CT molecular complexity index is 144. The Morgan fingerprint density at radius 2 is 2.43 bits per heavy atom. The second-order valence-corrected chi connectivity index (χ2v) is 1.39. The molecule has 0 fully saturated rings. The maximum absolute atomic E-state index is 11.9. The van der Waals surface area contributed by atoms with E-state index in [1.54, 1.807) is 0 Å². The van der Waals surface area contributed by atoms with Gasteiger partial charge in [0.05, 0.1) is 6.26 Å². The number of hydrogen-bond acceptors (Lipinski definition) is 1. The lowest BCUT2D eigenvalue weighted by atomic mass is 10.6. The molecule has 0 radical (unpaired) electrons. The van der Waals surface area contributed by atoms with Gasteiger partial charge in [-0.2, -0.15) is 0 Å². The molecule has 1 nitrogen and oxygen atoms in total. The van der Waals surface area contributed by atoms with Crippen molar-refractivity contribution in [3.05, 3.63) is 23.4 Å². The number of hydrogen-bond donors (Lipinski definition) is 0. The first-order valence-corrected chi connectivity index (χ1v) is 2.07. The van der Waals surface area contributed by atoms with Crippen molar-refractivity contribution < 1.29 is 8.81 Å². The SMILES string of the molecule is Fc1ccoc1Cl. The fourth-order valence-electron chi connectivity index (χ4n) is 0.275. The van der Waals surface area contributed by atoms with E-state index >= 15 is 0 Å². The number of furan rings is 1. The summed E-state index contributed by atoms with van der Waals surface area (Å²) in [6.07, 6.45) is 1.19. The van der Waals surface area contributed by atoms with Gasteiger partial charge >= 0.3 is 0 Å². The van der Waals surface area contributed by atoms with Crippen LogP contribution < -0.4 is 0 Å². The minimum absolute atomic E-state index is 0.181. The van der Waals surface area contributed by atoms with Crippen LogP contribution in [0.5, 0.6) is 0 Å². The summed E-state index contributed by atoms with van der Waals surface area (Å²) in [6.45, 7) is 0. The van der Waals surface area contributed by atoms with Gasteiger partial charge in [-0.25, -0.2) is 4.39 Å². The number of rotatable bonds is 0. The molecule has 0 aliphatic carbocycles. The summed E-state index contributed by atoms with van der Waals surface area (Å²) in [7, 11) is 0. The van der Waals surface area contributed by atoms with Gasteiger partial charge in [0, 0.05) is 6.07 Å². The van der Waals surface area contributed by atoms with E-state index in [0.29, 0.717) is 0 Å². The van der Waals surface area contributed by atoms with Crippen molar-refractivity contribution in [2.75, 3.05) is 0 Å². The molecule has 0 amide bonds. The molecule has 1 heterocycles. The zero-order valence-corrected chi connectivity index (χ0v) is 4.07. The summed E-state index contributed by atoms with van der Waals surface area (Å²) in [5.41, 5.74) is 0. The Labute approximate surface area is 44.7 Å². The summed E-state index contributed by atoms with van der Waals surface area (Å²) >= 11 is 5.08. The fraction of sp³-hybridized carbons (Fsp3) is 0. The van der Waals surface area contributed by atoms with Crippen molar-refractivity contribution in [2.24, 2.45) is 0 Å². The van der Waals surface area contributed by atoms with E-state index in [2.05, 4.69) is 4.42 Å². The van der Waals surface area contributed by atoms with Crippen molar-refractivity contribution in [3.8, 4) is 0 Å². The lowest BCUT2D eigenvalue weighted by Gasteiger charge is -1.71.